The standard InChI is InChI=1S/C24H32N2O7S/c1-3-30-15-5-6-24(27)25-22-18-21(34(28,29)26-13-16-31-17-14-26)11-12-23(22)33-20-9-7-19(8-10-20)32-4-2/h7-12,18H,3-6,13-17H2,1-2H3,(H,25,27). The van der Waals surface area contributed by atoms with E-state index < -0.39 is 10.0 Å². The molecule has 3 rings (SSSR count). The van der Waals surface area contributed by atoms with E-state index in [0.717, 1.165) is 0 Å². The average molecular weight is 493 g/mol. The first-order valence-corrected chi connectivity index (χ1v) is 12.9. The van der Waals surface area contributed by atoms with Gasteiger partial charge in [0.05, 0.1) is 30.4 Å². The number of benzene rings is 2. The minimum Gasteiger partial charge on any atom is -0.494 e. The van der Waals surface area contributed by atoms with Crippen LogP contribution in [-0.2, 0) is 24.3 Å². The van der Waals surface area contributed by atoms with E-state index in [2.05, 4.69) is 5.32 Å². The zero-order chi connectivity index (χ0) is 24.4. The van der Waals surface area contributed by atoms with Crippen LogP contribution >= 0.6 is 0 Å². The van der Waals surface area contributed by atoms with Crippen molar-refractivity contribution < 1.29 is 32.2 Å². The van der Waals surface area contributed by atoms with Crippen LogP contribution < -0.4 is 14.8 Å². The van der Waals surface area contributed by atoms with Crippen LogP contribution in [0.3, 0.4) is 0 Å². The van der Waals surface area contributed by atoms with E-state index in [1.165, 1.54) is 16.4 Å². The molecule has 1 saturated heterocycles. The van der Waals surface area contributed by atoms with Gasteiger partial charge in [-0.3, -0.25) is 4.79 Å². The molecule has 0 atom stereocenters. The van der Waals surface area contributed by atoms with Crippen LogP contribution in [0.5, 0.6) is 17.2 Å². The summed E-state index contributed by atoms with van der Waals surface area (Å²) in [5.41, 5.74) is 0.282. The molecule has 1 aliphatic rings. The molecular formula is C24H32N2O7S. The Morgan fingerprint density at radius 2 is 1.74 bits per heavy atom. The molecule has 0 unspecified atom stereocenters. The molecule has 1 amide bonds. The molecule has 186 valence electrons. The summed E-state index contributed by atoms with van der Waals surface area (Å²) < 4.78 is 49.6. The second kappa shape index (κ2) is 12.7. The molecule has 1 aliphatic heterocycles. The summed E-state index contributed by atoms with van der Waals surface area (Å²) in [7, 11) is -3.74. The van der Waals surface area contributed by atoms with Gasteiger partial charge in [-0.05, 0) is 62.7 Å². The molecule has 0 aromatic heterocycles. The fourth-order valence-electron chi connectivity index (χ4n) is 3.38. The fourth-order valence-corrected chi connectivity index (χ4v) is 4.82. The largest absolute Gasteiger partial charge is 0.494 e. The lowest BCUT2D eigenvalue weighted by atomic mass is 10.2. The topological polar surface area (TPSA) is 103 Å². The van der Waals surface area contributed by atoms with Crippen molar-refractivity contribution >= 4 is 21.6 Å². The number of carbonyl (C=O) groups is 1. The highest BCUT2D eigenvalue weighted by Gasteiger charge is 2.27. The van der Waals surface area contributed by atoms with Crippen LogP contribution in [0.1, 0.15) is 26.7 Å². The quantitative estimate of drug-likeness (QED) is 0.451. The number of hydrogen-bond donors (Lipinski definition) is 1. The number of nitrogens with one attached hydrogen (secondary N) is 1. The van der Waals surface area contributed by atoms with Gasteiger partial charge in [-0.15, -0.1) is 0 Å². The smallest absolute Gasteiger partial charge is 0.243 e. The van der Waals surface area contributed by atoms with Gasteiger partial charge in [-0.2, -0.15) is 4.31 Å². The molecule has 1 N–H and O–H groups in total. The van der Waals surface area contributed by atoms with Crippen molar-refractivity contribution in [1.29, 1.82) is 0 Å². The van der Waals surface area contributed by atoms with Gasteiger partial charge in [-0.1, -0.05) is 0 Å². The normalized spacial score (nSPS) is 14.5. The number of anilines is 1. The molecule has 0 bridgehead atoms. The van der Waals surface area contributed by atoms with Crippen LogP contribution in [0, 0.1) is 0 Å². The van der Waals surface area contributed by atoms with Gasteiger partial charge in [-0.25, -0.2) is 8.42 Å². The van der Waals surface area contributed by atoms with Gasteiger partial charge in [0.25, 0.3) is 0 Å². The van der Waals surface area contributed by atoms with Gasteiger partial charge in [0.1, 0.15) is 11.5 Å². The molecule has 0 saturated carbocycles. The first-order valence-electron chi connectivity index (χ1n) is 11.4. The molecular weight excluding hydrogens is 460 g/mol. The van der Waals surface area contributed by atoms with Gasteiger partial charge < -0.3 is 24.3 Å². The predicted molar refractivity (Wildman–Crippen MR) is 128 cm³/mol. The van der Waals surface area contributed by atoms with Crippen LogP contribution in [0.15, 0.2) is 47.4 Å². The summed E-state index contributed by atoms with van der Waals surface area (Å²) in [6.45, 7) is 6.68. The predicted octanol–water partition coefficient (Wildman–Crippen LogP) is 3.65. The van der Waals surface area contributed by atoms with E-state index in [-0.39, 0.29) is 36.0 Å². The molecule has 0 aliphatic carbocycles. The molecule has 0 radical (unpaired) electrons. The highest BCUT2D eigenvalue weighted by atomic mass is 32.2. The molecule has 34 heavy (non-hydrogen) atoms. The minimum absolute atomic E-state index is 0.0815. The number of nitrogens with zero attached hydrogens (tertiary/aromatic N) is 1. The second-order valence-electron chi connectivity index (χ2n) is 7.53. The number of carbonyl (C=O) groups excluding carboxylic acids is 1. The molecule has 9 nitrogen and oxygen atoms in total. The Hall–Kier alpha value is -2.66. The number of amides is 1. The summed E-state index contributed by atoms with van der Waals surface area (Å²) in [4.78, 5) is 12.6. The van der Waals surface area contributed by atoms with E-state index in [1.54, 1.807) is 30.3 Å². The lowest BCUT2D eigenvalue weighted by Gasteiger charge is -2.26. The number of ether oxygens (including phenoxy) is 4. The van der Waals surface area contributed by atoms with E-state index in [9.17, 15) is 13.2 Å². The number of sulfonamides is 1. The third kappa shape index (κ3) is 7.17. The Morgan fingerprint density at radius 3 is 2.41 bits per heavy atom. The van der Waals surface area contributed by atoms with Crippen molar-refractivity contribution in [2.75, 3.05) is 51.4 Å². The second-order valence-corrected chi connectivity index (χ2v) is 9.47. The Bertz CT molecular complexity index is 1040. The Morgan fingerprint density at radius 1 is 1.03 bits per heavy atom. The third-order valence-electron chi connectivity index (χ3n) is 5.09. The highest BCUT2D eigenvalue weighted by molar-refractivity contribution is 7.89. The SMILES string of the molecule is CCOCCCC(=O)Nc1cc(S(=O)(=O)N2CCOCC2)ccc1Oc1ccc(OCC)cc1. The summed E-state index contributed by atoms with van der Waals surface area (Å²) in [5, 5.41) is 2.80. The molecule has 0 spiro atoms. The van der Waals surface area contributed by atoms with Crippen molar-refractivity contribution in [3.63, 3.8) is 0 Å². The van der Waals surface area contributed by atoms with E-state index in [1.807, 2.05) is 13.8 Å². The van der Waals surface area contributed by atoms with Gasteiger partial charge in [0, 0.05) is 32.7 Å². The average Bonchev–Trinajstić information content (AvgIpc) is 2.85. The summed E-state index contributed by atoms with van der Waals surface area (Å²) >= 11 is 0. The van der Waals surface area contributed by atoms with Crippen LogP contribution in [-0.4, -0.2) is 64.8 Å². The van der Waals surface area contributed by atoms with Crippen molar-refractivity contribution in [3.8, 4) is 17.2 Å². The monoisotopic (exact) mass is 492 g/mol. The lowest BCUT2D eigenvalue weighted by Crippen LogP contribution is -2.40. The number of rotatable bonds is 12. The molecule has 10 heteroatoms. The van der Waals surface area contributed by atoms with E-state index in [4.69, 9.17) is 18.9 Å². The zero-order valence-corrected chi connectivity index (χ0v) is 20.4. The highest BCUT2D eigenvalue weighted by Crippen LogP contribution is 2.33. The molecule has 2 aromatic rings. The maximum atomic E-state index is 13.1. The third-order valence-corrected chi connectivity index (χ3v) is 6.99. The maximum absolute atomic E-state index is 13.1. The minimum atomic E-state index is -3.74. The van der Waals surface area contributed by atoms with Gasteiger partial charge in [0.2, 0.25) is 15.9 Å². The van der Waals surface area contributed by atoms with E-state index in [0.29, 0.717) is 56.7 Å². The zero-order valence-electron chi connectivity index (χ0n) is 19.6. The van der Waals surface area contributed by atoms with Crippen molar-refractivity contribution in [2.45, 2.75) is 31.6 Å². The van der Waals surface area contributed by atoms with Crippen LogP contribution in [0.4, 0.5) is 5.69 Å². The first kappa shape index (κ1) is 26.0. The van der Waals surface area contributed by atoms with Crippen LogP contribution in [0.2, 0.25) is 0 Å². The molecule has 1 fully saturated rings. The summed E-state index contributed by atoms with van der Waals surface area (Å²) in [5.74, 6) is 1.32. The van der Waals surface area contributed by atoms with Gasteiger partial charge >= 0.3 is 0 Å². The molecule has 2 aromatic carbocycles. The molecule has 1 heterocycles. The first-order chi connectivity index (χ1) is 16.4. The Labute approximate surface area is 201 Å². The fraction of sp³-hybridized carbons (Fsp3) is 0.458. The Balaban J connectivity index is 1.83. The van der Waals surface area contributed by atoms with Crippen LogP contribution in [0.25, 0.3) is 0 Å². The summed E-state index contributed by atoms with van der Waals surface area (Å²) in [6, 6.07) is 11.5. The van der Waals surface area contributed by atoms with Crippen molar-refractivity contribution in [1.82, 2.24) is 4.31 Å². The van der Waals surface area contributed by atoms with Crippen molar-refractivity contribution in [2.24, 2.45) is 0 Å². The van der Waals surface area contributed by atoms with E-state index >= 15 is 0 Å². The number of morpholine rings is 1. The Kier molecular flexibility index (Phi) is 9.70. The maximum Gasteiger partial charge on any atom is 0.243 e. The number of hydrogen-bond acceptors (Lipinski definition) is 7. The van der Waals surface area contributed by atoms with Gasteiger partial charge in [0.15, 0.2) is 5.75 Å². The summed E-state index contributed by atoms with van der Waals surface area (Å²) in [6.07, 6.45) is 0.795. The van der Waals surface area contributed by atoms with Crippen molar-refractivity contribution in [3.05, 3.63) is 42.5 Å². The lowest BCUT2D eigenvalue weighted by molar-refractivity contribution is -0.116.